The summed E-state index contributed by atoms with van der Waals surface area (Å²) in [5, 5.41) is 14.1. The van der Waals surface area contributed by atoms with Gasteiger partial charge in [0.05, 0.1) is 33.5 Å². The van der Waals surface area contributed by atoms with Crippen LogP contribution in [0.15, 0.2) is 42.7 Å². The zero-order valence-electron chi connectivity index (χ0n) is 29.5. The summed E-state index contributed by atoms with van der Waals surface area (Å²) < 4.78 is 23.9. The highest BCUT2D eigenvalue weighted by atomic mass is 16.5. The number of benzene rings is 2. The lowest BCUT2D eigenvalue weighted by Crippen LogP contribution is -2.41. The predicted molar refractivity (Wildman–Crippen MR) is 192 cm³/mol. The molecule has 2 unspecified atom stereocenters. The highest BCUT2D eigenvalue weighted by molar-refractivity contribution is 5.94. The van der Waals surface area contributed by atoms with Gasteiger partial charge >= 0.3 is 6.01 Å². The van der Waals surface area contributed by atoms with Crippen LogP contribution in [-0.4, -0.2) is 61.7 Å². The Morgan fingerprint density at radius 3 is 2.12 bits per heavy atom. The van der Waals surface area contributed by atoms with Gasteiger partial charge in [0.2, 0.25) is 0 Å². The van der Waals surface area contributed by atoms with E-state index in [4.69, 9.17) is 24.1 Å². The zero-order valence-corrected chi connectivity index (χ0v) is 29.5. The minimum absolute atomic E-state index is 0.00298. The maximum absolute atomic E-state index is 8.60. The molecule has 2 saturated carbocycles. The van der Waals surface area contributed by atoms with Gasteiger partial charge in [0.1, 0.15) is 11.5 Å². The van der Waals surface area contributed by atoms with Crippen molar-refractivity contribution in [1.82, 2.24) is 15.3 Å². The number of nitrogens with one attached hydrogen (secondary N) is 1. The average Bonchev–Trinajstić information content (AvgIpc) is 3.16. The van der Waals surface area contributed by atoms with Gasteiger partial charge in [-0.25, -0.2) is 9.97 Å². The first-order valence-corrected chi connectivity index (χ1v) is 18.7. The van der Waals surface area contributed by atoms with Crippen molar-refractivity contribution in [1.29, 1.82) is 0 Å². The monoisotopic (exact) mass is 661 g/mol. The van der Waals surface area contributed by atoms with E-state index in [1.807, 2.05) is 36.7 Å². The molecule has 0 spiro atoms. The third kappa shape index (κ3) is 10.5. The van der Waals surface area contributed by atoms with Gasteiger partial charge in [-0.1, -0.05) is 88.5 Å². The van der Waals surface area contributed by atoms with E-state index in [2.05, 4.69) is 21.4 Å². The van der Waals surface area contributed by atoms with E-state index in [1.165, 1.54) is 77.0 Å². The third-order valence-corrected chi connectivity index (χ3v) is 10.6. The van der Waals surface area contributed by atoms with Crippen molar-refractivity contribution >= 4 is 10.8 Å². The lowest BCUT2D eigenvalue weighted by atomic mass is 9.86. The van der Waals surface area contributed by atoms with Crippen molar-refractivity contribution in [3.05, 3.63) is 53.9 Å². The van der Waals surface area contributed by atoms with Crippen LogP contribution in [0.3, 0.4) is 0 Å². The Balaban J connectivity index is 0.000000387. The van der Waals surface area contributed by atoms with Gasteiger partial charge in [0.15, 0.2) is 0 Å². The van der Waals surface area contributed by atoms with E-state index < -0.39 is 0 Å². The fraction of sp³-hybridized carbons (Fsp3) is 0.650. The molecule has 3 fully saturated rings. The molecule has 2 atom stereocenters. The predicted octanol–water partition coefficient (Wildman–Crippen LogP) is 8.39. The van der Waals surface area contributed by atoms with Crippen molar-refractivity contribution in [2.45, 2.75) is 115 Å². The van der Waals surface area contributed by atoms with Crippen LogP contribution in [0.25, 0.3) is 10.8 Å². The Labute approximate surface area is 288 Å². The highest BCUT2D eigenvalue weighted by Crippen LogP contribution is 2.38. The van der Waals surface area contributed by atoms with Crippen LogP contribution in [0.5, 0.6) is 17.5 Å². The van der Waals surface area contributed by atoms with Crippen molar-refractivity contribution in [2.75, 3.05) is 40.5 Å². The standard InChI is InChI=1S/C31H41N3O4.C9H18O/c1-35-28-17-23(30(36-2)27-13-7-6-12-26(27)28)21-38-29-20-32-15-14-25(29)24-18-33-31(34-19-24)37-16-8-11-22-9-4-3-5-10-22;10-8-4-7-9-5-2-1-3-6-9/h6-7,12-13,17-19,22,25,29,32H,3-5,8-11,14-16,20-21H2,1-2H3;9-10H,1-8H2. The SMILES string of the molecule is COc1cc(COC2CNCCC2c2cnc(OCCCC3CCCCC3)nc2)c(OC)c2ccccc12.OCCCC1CCCCC1. The van der Waals surface area contributed by atoms with Crippen molar-refractivity contribution < 1.29 is 24.1 Å². The largest absolute Gasteiger partial charge is 0.496 e. The molecule has 0 bridgehead atoms. The summed E-state index contributed by atoms with van der Waals surface area (Å²) in [5.74, 6) is 3.69. The van der Waals surface area contributed by atoms with Gasteiger partial charge in [-0.2, -0.15) is 0 Å². The molecule has 8 heteroatoms. The van der Waals surface area contributed by atoms with Crippen molar-refractivity contribution in [2.24, 2.45) is 11.8 Å². The van der Waals surface area contributed by atoms with Crippen LogP contribution < -0.4 is 19.5 Å². The molecule has 1 saturated heterocycles. The summed E-state index contributed by atoms with van der Waals surface area (Å²) >= 11 is 0. The van der Waals surface area contributed by atoms with E-state index in [-0.39, 0.29) is 12.0 Å². The molecule has 1 aliphatic heterocycles. The molecule has 3 aromatic rings. The Hall–Kier alpha value is -2.94. The first-order chi connectivity index (χ1) is 23.7. The highest BCUT2D eigenvalue weighted by Gasteiger charge is 2.28. The summed E-state index contributed by atoms with van der Waals surface area (Å²) in [5.41, 5.74) is 2.06. The van der Waals surface area contributed by atoms with Crippen LogP contribution in [0.4, 0.5) is 0 Å². The molecular weight excluding hydrogens is 602 g/mol. The number of aromatic nitrogens is 2. The smallest absolute Gasteiger partial charge is 0.316 e. The maximum atomic E-state index is 8.60. The minimum Gasteiger partial charge on any atom is -0.496 e. The Morgan fingerprint density at radius 1 is 0.812 bits per heavy atom. The molecular formula is C40H59N3O5. The molecule has 0 radical (unpaired) electrons. The quantitative estimate of drug-likeness (QED) is 0.166. The van der Waals surface area contributed by atoms with Gasteiger partial charge in [-0.3, -0.25) is 0 Å². The summed E-state index contributed by atoms with van der Waals surface area (Å²) in [4.78, 5) is 9.06. The molecule has 3 aliphatic rings. The van der Waals surface area contributed by atoms with Crippen LogP contribution in [-0.2, 0) is 11.3 Å². The zero-order chi connectivity index (χ0) is 33.4. The van der Waals surface area contributed by atoms with E-state index in [0.29, 0.717) is 25.8 Å². The number of fused-ring (bicyclic) bond motifs is 1. The molecule has 2 aliphatic carbocycles. The second-order valence-electron chi connectivity index (χ2n) is 13.9. The molecule has 8 nitrogen and oxygen atoms in total. The number of hydrogen-bond acceptors (Lipinski definition) is 8. The normalized spacial score (nSPS) is 20.6. The number of aliphatic hydroxyl groups is 1. The molecule has 2 heterocycles. The second-order valence-corrected chi connectivity index (χ2v) is 13.9. The molecule has 6 rings (SSSR count). The molecule has 2 N–H and O–H groups in total. The number of hydrogen-bond donors (Lipinski definition) is 2. The minimum atomic E-state index is -0.00298. The molecule has 0 amide bonds. The lowest BCUT2D eigenvalue weighted by Gasteiger charge is -2.32. The Morgan fingerprint density at radius 2 is 1.48 bits per heavy atom. The van der Waals surface area contributed by atoms with Gasteiger partial charge in [0, 0.05) is 47.8 Å². The molecule has 264 valence electrons. The number of rotatable bonds is 14. The van der Waals surface area contributed by atoms with Crippen LogP contribution in [0.2, 0.25) is 0 Å². The van der Waals surface area contributed by atoms with Gasteiger partial charge < -0.3 is 29.4 Å². The summed E-state index contributed by atoms with van der Waals surface area (Å²) in [7, 11) is 3.41. The topological polar surface area (TPSA) is 95.0 Å². The number of nitrogens with zero attached hydrogens (tertiary/aromatic N) is 2. The fourth-order valence-corrected chi connectivity index (χ4v) is 7.93. The third-order valence-electron chi connectivity index (χ3n) is 10.6. The van der Waals surface area contributed by atoms with Crippen LogP contribution in [0.1, 0.15) is 113 Å². The van der Waals surface area contributed by atoms with E-state index in [9.17, 15) is 0 Å². The van der Waals surface area contributed by atoms with E-state index in [1.54, 1.807) is 14.2 Å². The Kier molecular flexibility index (Phi) is 15.1. The van der Waals surface area contributed by atoms with E-state index in [0.717, 1.165) is 77.6 Å². The van der Waals surface area contributed by atoms with Gasteiger partial charge in [0.25, 0.3) is 0 Å². The van der Waals surface area contributed by atoms with Crippen molar-refractivity contribution in [3.63, 3.8) is 0 Å². The average molecular weight is 662 g/mol. The second kappa shape index (κ2) is 19.9. The Bertz CT molecular complexity index is 1340. The van der Waals surface area contributed by atoms with Gasteiger partial charge in [-0.05, 0) is 62.1 Å². The first kappa shape index (κ1) is 36.3. The number of ether oxygens (including phenoxy) is 4. The molecule has 2 aromatic carbocycles. The first-order valence-electron chi connectivity index (χ1n) is 18.7. The molecule has 1 aromatic heterocycles. The maximum Gasteiger partial charge on any atom is 0.316 e. The van der Waals surface area contributed by atoms with Crippen LogP contribution in [0, 0.1) is 11.8 Å². The fourth-order valence-electron chi connectivity index (χ4n) is 7.93. The van der Waals surface area contributed by atoms with Crippen LogP contribution >= 0.6 is 0 Å². The number of methoxy groups -OCH3 is 2. The lowest BCUT2D eigenvalue weighted by molar-refractivity contribution is 0.00965. The van der Waals surface area contributed by atoms with Gasteiger partial charge in [-0.15, -0.1) is 0 Å². The summed E-state index contributed by atoms with van der Waals surface area (Å²) in [6, 6.07) is 10.6. The van der Waals surface area contributed by atoms with E-state index >= 15 is 0 Å². The summed E-state index contributed by atoms with van der Waals surface area (Å²) in [6.45, 7) is 3.22. The van der Waals surface area contributed by atoms with Crippen molar-refractivity contribution in [3.8, 4) is 17.5 Å². The summed E-state index contributed by atoms with van der Waals surface area (Å²) in [6.07, 6.45) is 23.5. The number of aliphatic hydroxyl groups excluding tert-OH is 1. The number of piperidine rings is 1. The molecule has 48 heavy (non-hydrogen) atoms.